The van der Waals surface area contributed by atoms with Gasteiger partial charge in [0.15, 0.2) is 0 Å². The van der Waals surface area contributed by atoms with Gasteiger partial charge in [-0.1, -0.05) is 104 Å². The first-order valence-corrected chi connectivity index (χ1v) is 21.8. The second kappa shape index (κ2) is 19.4. The molecule has 0 nitrogen and oxygen atoms in total. The van der Waals surface area contributed by atoms with Crippen LogP contribution in [-0.4, -0.2) is 0 Å². The van der Waals surface area contributed by atoms with Crippen LogP contribution in [0.25, 0.3) is 39.0 Å². The van der Waals surface area contributed by atoms with Gasteiger partial charge in [0.2, 0.25) is 0 Å². The monoisotopic (exact) mass is 692 g/mol. The van der Waals surface area contributed by atoms with E-state index in [2.05, 4.69) is 74.5 Å². The third-order valence-corrected chi connectivity index (χ3v) is 15.0. The summed E-state index contributed by atoms with van der Waals surface area (Å²) in [6, 6.07) is 23.4. The molecule has 5 rings (SSSR count). The molecule has 5 aromatic heterocycles. The van der Waals surface area contributed by atoms with Crippen LogP contribution in [0.2, 0.25) is 0 Å². The van der Waals surface area contributed by atoms with Gasteiger partial charge in [-0.05, 0) is 86.3 Å². The number of thiophene rings is 5. The van der Waals surface area contributed by atoms with Crippen molar-refractivity contribution in [2.45, 2.75) is 129 Å². The fourth-order valence-electron chi connectivity index (χ4n) is 5.96. The van der Waals surface area contributed by atoms with Crippen LogP contribution in [0, 0.1) is 0 Å². The zero-order valence-electron chi connectivity index (χ0n) is 27.5. The third-order valence-electron chi connectivity index (χ3n) is 8.67. The molecule has 0 radical (unpaired) electrons. The third kappa shape index (κ3) is 11.0. The van der Waals surface area contributed by atoms with Gasteiger partial charge in [0, 0.05) is 48.8 Å². The van der Waals surface area contributed by atoms with Crippen molar-refractivity contribution in [1.82, 2.24) is 0 Å². The van der Waals surface area contributed by atoms with E-state index in [1.807, 2.05) is 56.7 Å². The molecule has 0 atom stereocenters. The molecule has 5 heteroatoms. The van der Waals surface area contributed by atoms with Crippen LogP contribution in [-0.2, 0) is 12.8 Å². The van der Waals surface area contributed by atoms with E-state index in [1.54, 1.807) is 9.75 Å². The number of rotatable bonds is 22. The van der Waals surface area contributed by atoms with Crippen molar-refractivity contribution in [2.24, 2.45) is 0 Å². The van der Waals surface area contributed by atoms with Crippen molar-refractivity contribution < 1.29 is 0 Å². The Balaban J connectivity index is 1.08. The SMILES string of the molecule is CCCCCCCCCCc1ccc(-c2ccc(-c3ccc(-c4ccc(-c5ccc(CCCCCCCCCC)s5)s4)s3)s2)s1. The average molecular weight is 693 g/mol. The van der Waals surface area contributed by atoms with Crippen LogP contribution < -0.4 is 0 Å². The van der Waals surface area contributed by atoms with Gasteiger partial charge in [-0.15, -0.1) is 56.7 Å². The lowest BCUT2D eigenvalue weighted by Crippen LogP contribution is -1.83. The second-order valence-corrected chi connectivity index (χ2v) is 18.1. The maximum atomic E-state index is 2.37. The summed E-state index contributed by atoms with van der Waals surface area (Å²) in [4.78, 5) is 14.3. The Bertz CT molecular complexity index is 1390. The van der Waals surface area contributed by atoms with Gasteiger partial charge in [0.25, 0.3) is 0 Å². The van der Waals surface area contributed by atoms with Gasteiger partial charge in [-0.2, -0.15) is 0 Å². The molecule has 0 amide bonds. The van der Waals surface area contributed by atoms with Crippen LogP contribution in [0.15, 0.2) is 60.7 Å². The lowest BCUT2D eigenvalue weighted by Gasteiger charge is -2.00. The van der Waals surface area contributed by atoms with E-state index >= 15 is 0 Å². The first kappa shape index (κ1) is 34.8. The van der Waals surface area contributed by atoms with E-state index in [-0.39, 0.29) is 0 Å². The van der Waals surface area contributed by atoms with Crippen molar-refractivity contribution in [3.8, 4) is 39.0 Å². The quantitative estimate of drug-likeness (QED) is 0.0633. The summed E-state index contributed by atoms with van der Waals surface area (Å²) in [6.45, 7) is 4.59. The standard InChI is InChI=1S/C40H52S5/c1-3-5-7-9-11-13-15-17-19-31-21-23-33(41-31)35-25-27-37(43-35)39-29-30-40(45-39)38-28-26-36(44-38)34-24-22-32(42-34)20-18-16-14-12-10-8-6-4-2/h21-30H,3-20H2,1-2H3. The van der Waals surface area contributed by atoms with Crippen molar-refractivity contribution in [2.75, 3.05) is 0 Å². The Morgan fingerprint density at radius 3 is 0.844 bits per heavy atom. The first-order valence-electron chi connectivity index (χ1n) is 17.7. The van der Waals surface area contributed by atoms with Gasteiger partial charge in [-0.3, -0.25) is 0 Å². The minimum absolute atomic E-state index is 1.24. The van der Waals surface area contributed by atoms with Gasteiger partial charge in [0.1, 0.15) is 0 Å². The molecule has 0 aliphatic rings. The summed E-state index contributed by atoms with van der Waals surface area (Å²) in [7, 11) is 0. The predicted octanol–water partition coefficient (Wildman–Crippen LogP) is 16.0. The van der Waals surface area contributed by atoms with E-state index in [0.29, 0.717) is 0 Å². The highest BCUT2D eigenvalue weighted by atomic mass is 32.1. The Kier molecular flexibility index (Phi) is 15.0. The molecule has 5 aromatic rings. The molecule has 0 aromatic carbocycles. The zero-order valence-corrected chi connectivity index (χ0v) is 31.6. The molecule has 0 fully saturated rings. The van der Waals surface area contributed by atoms with E-state index in [9.17, 15) is 0 Å². The maximum Gasteiger partial charge on any atom is 0.0449 e. The molecule has 0 saturated heterocycles. The van der Waals surface area contributed by atoms with Crippen LogP contribution in [0.3, 0.4) is 0 Å². The summed E-state index contributed by atoms with van der Waals surface area (Å²) >= 11 is 9.83. The van der Waals surface area contributed by atoms with Crippen LogP contribution in [0.1, 0.15) is 126 Å². The molecule has 5 heterocycles. The Morgan fingerprint density at radius 2 is 0.533 bits per heavy atom. The molecule has 0 N–H and O–H groups in total. The minimum Gasteiger partial charge on any atom is -0.139 e. The molecule has 0 unspecified atom stereocenters. The summed E-state index contributed by atoms with van der Waals surface area (Å²) in [5, 5.41) is 0. The average Bonchev–Trinajstić information content (AvgIpc) is 3.89. The fraction of sp³-hybridized carbons (Fsp3) is 0.500. The predicted molar refractivity (Wildman–Crippen MR) is 210 cm³/mol. The van der Waals surface area contributed by atoms with E-state index in [1.165, 1.54) is 155 Å². The molecular formula is C40H52S5. The lowest BCUT2D eigenvalue weighted by molar-refractivity contribution is 0.576. The summed E-state index contributed by atoms with van der Waals surface area (Å²) in [5.74, 6) is 0. The number of hydrogen-bond donors (Lipinski definition) is 0. The summed E-state index contributed by atoms with van der Waals surface area (Å²) in [5.41, 5.74) is 0. The van der Waals surface area contributed by atoms with E-state index in [0.717, 1.165) is 0 Å². The molecule has 0 aliphatic heterocycles. The fourth-order valence-corrected chi connectivity index (χ4v) is 11.4. The van der Waals surface area contributed by atoms with Crippen molar-refractivity contribution >= 4 is 56.7 Å². The minimum atomic E-state index is 1.24. The van der Waals surface area contributed by atoms with Crippen molar-refractivity contribution in [3.63, 3.8) is 0 Å². The Morgan fingerprint density at radius 1 is 0.289 bits per heavy atom. The smallest absolute Gasteiger partial charge is 0.0449 e. The van der Waals surface area contributed by atoms with E-state index < -0.39 is 0 Å². The van der Waals surface area contributed by atoms with Gasteiger partial charge in [-0.25, -0.2) is 0 Å². The summed E-state index contributed by atoms with van der Waals surface area (Å²) < 4.78 is 0. The highest BCUT2D eigenvalue weighted by molar-refractivity contribution is 7.29. The highest BCUT2D eigenvalue weighted by Crippen LogP contribution is 2.44. The maximum absolute atomic E-state index is 2.37. The van der Waals surface area contributed by atoms with E-state index in [4.69, 9.17) is 0 Å². The normalized spacial score (nSPS) is 11.6. The van der Waals surface area contributed by atoms with Crippen LogP contribution in [0.4, 0.5) is 0 Å². The molecule has 0 saturated carbocycles. The first-order chi connectivity index (χ1) is 22.2. The number of unbranched alkanes of at least 4 members (excludes halogenated alkanes) is 14. The Hall–Kier alpha value is -1.50. The number of aryl methyl sites for hydroxylation is 2. The molecule has 0 spiro atoms. The van der Waals surface area contributed by atoms with Gasteiger partial charge < -0.3 is 0 Å². The molecule has 0 aliphatic carbocycles. The highest BCUT2D eigenvalue weighted by Gasteiger charge is 2.13. The van der Waals surface area contributed by atoms with Crippen molar-refractivity contribution in [1.29, 1.82) is 0 Å². The number of hydrogen-bond acceptors (Lipinski definition) is 5. The molecule has 242 valence electrons. The zero-order chi connectivity index (χ0) is 31.1. The largest absolute Gasteiger partial charge is 0.139 e. The van der Waals surface area contributed by atoms with Gasteiger partial charge >= 0.3 is 0 Å². The summed E-state index contributed by atoms with van der Waals surface area (Å²) in [6.07, 6.45) is 24.7. The van der Waals surface area contributed by atoms with Gasteiger partial charge in [0.05, 0.1) is 0 Å². The van der Waals surface area contributed by atoms with Crippen LogP contribution in [0.5, 0.6) is 0 Å². The van der Waals surface area contributed by atoms with Crippen molar-refractivity contribution in [3.05, 3.63) is 70.4 Å². The van der Waals surface area contributed by atoms with Crippen LogP contribution >= 0.6 is 56.7 Å². The second-order valence-electron chi connectivity index (χ2n) is 12.5. The Labute approximate surface area is 293 Å². The lowest BCUT2D eigenvalue weighted by atomic mass is 10.1. The topological polar surface area (TPSA) is 0 Å². The molecule has 0 bridgehead atoms. The molecular weight excluding hydrogens is 641 g/mol. The molecule has 45 heavy (non-hydrogen) atoms.